The van der Waals surface area contributed by atoms with Crippen LogP contribution in [-0.2, 0) is 0 Å². The molecule has 1 N–H and O–H groups in total. The first-order valence-electron chi connectivity index (χ1n) is 7.19. The van der Waals surface area contributed by atoms with Crippen molar-refractivity contribution in [2.24, 2.45) is 0 Å². The molecule has 0 bridgehead atoms. The SMILES string of the molecule is O=[N+]([O-])c1cc(Br)c(F)cc1N(CC1CCCN1)C1CC1. The smallest absolute Gasteiger partial charge is 0.293 e. The summed E-state index contributed by atoms with van der Waals surface area (Å²) in [7, 11) is 0. The number of hydrogen-bond acceptors (Lipinski definition) is 4. The van der Waals surface area contributed by atoms with Gasteiger partial charge in [0.1, 0.15) is 11.5 Å². The Morgan fingerprint density at radius 1 is 1.43 bits per heavy atom. The lowest BCUT2D eigenvalue weighted by molar-refractivity contribution is -0.384. The van der Waals surface area contributed by atoms with Crippen LogP contribution in [0.15, 0.2) is 16.6 Å². The van der Waals surface area contributed by atoms with E-state index in [9.17, 15) is 14.5 Å². The van der Waals surface area contributed by atoms with Crippen molar-refractivity contribution in [1.82, 2.24) is 5.32 Å². The molecule has 7 heteroatoms. The Labute approximate surface area is 130 Å². The Morgan fingerprint density at radius 3 is 2.76 bits per heavy atom. The molecular formula is C14H17BrFN3O2. The monoisotopic (exact) mass is 357 g/mol. The Kier molecular flexibility index (Phi) is 4.12. The molecule has 1 atom stereocenters. The molecule has 1 heterocycles. The number of nitrogens with zero attached hydrogens (tertiary/aromatic N) is 2. The van der Waals surface area contributed by atoms with Gasteiger partial charge in [0.25, 0.3) is 5.69 Å². The van der Waals surface area contributed by atoms with E-state index in [0.29, 0.717) is 24.3 Å². The lowest BCUT2D eigenvalue weighted by Crippen LogP contribution is -2.39. The zero-order chi connectivity index (χ0) is 15.0. The van der Waals surface area contributed by atoms with Crippen molar-refractivity contribution in [1.29, 1.82) is 0 Å². The van der Waals surface area contributed by atoms with Gasteiger partial charge in [0.2, 0.25) is 0 Å². The summed E-state index contributed by atoms with van der Waals surface area (Å²) in [5.41, 5.74) is 0.366. The van der Waals surface area contributed by atoms with Crippen molar-refractivity contribution < 1.29 is 9.31 Å². The lowest BCUT2D eigenvalue weighted by atomic mass is 10.1. The van der Waals surface area contributed by atoms with Crippen LogP contribution in [0.25, 0.3) is 0 Å². The molecule has 114 valence electrons. The molecule has 1 saturated carbocycles. The summed E-state index contributed by atoms with van der Waals surface area (Å²) in [6.45, 7) is 1.69. The van der Waals surface area contributed by atoms with Crippen LogP contribution in [0.5, 0.6) is 0 Å². The highest BCUT2D eigenvalue weighted by Gasteiger charge is 2.35. The molecule has 1 aromatic carbocycles. The van der Waals surface area contributed by atoms with Gasteiger partial charge >= 0.3 is 0 Å². The van der Waals surface area contributed by atoms with Gasteiger partial charge in [-0.05, 0) is 48.2 Å². The van der Waals surface area contributed by atoms with Gasteiger partial charge in [0, 0.05) is 30.8 Å². The molecule has 21 heavy (non-hydrogen) atoms. The van der Waals surface area contributed by atoms with E-state index in [0.717, 1.165) is 32.2 Å². The van der Waals surface area contributed by atoms with Crippen molar-refractivity contribution in [3.8, 4) is 0 Å². The highest BCUT2D eigenvalue weighted by Crippen LogP contribution is 2.39. The second kappa shape index (κ2) is 5.88. The zero-order valence-electron chi connectivity index (χ0n) is 11.5. The molecule has 1 aromatic rings. The molecule has 1 saturated heterocycles. The fraction of sp³-hybridized carbons (Fsp3) is 0.571. The summed E-state index contributed by atoms with van der Waals surface area (Å²) in [6, 6.07) is 3.18. The van der Waals surface area contributed by atoms with E-state index in [1.807, 2.05) is 4.90 Å². The number of nitrogens with one attached hydrogen (secondary N) is 1. The van der Waals surface area contributed by atoms with E-state index in [2.05, 4.69) is 21.2 Å². The third-order valence-electron chi connectivity index (χ3n) is 4.09. The standard InChI is InChI=1S/C14H17BrFN3O2/c15-11-6-14(19(20)21)13(7-12(11)16)18(10-3-4-10)8-9-2-1-5-17-9/h6-7,9-10,17H,1-5,8H2. The van der Waals surface area contributed by atoms with Gasteiger partial charge in [-0.3, -0.25) is 10.1 Å². The second-order valence-electron chi connectivity index (χ2n) is 5.69. The molecule has 1 unspecified atom stereocenters. The second-order valence-corrected chi connectivity index (χ2v) is 6.54. The van der Waals surface area contributed by atoms with Gasteiger partial charge < -0.3 is 10.2 Å². The van der Waals surface area contributed by atoms with E-state index in [-0.39, 0.29) is 10.2 Å². The minimum atomic E-state index is -0.458. The molecule has 1 aliphatic heterocycles. The highest BCUT2D eigenvalue weighted by atomic mass is 79.9. The summed E-state index contributed by atoms with van der Waals surface area (Å²) in [5.74, 6) is -0.458. The van der Waals surface area contributed by atoms with Crippen molar-refractivity contribution >= 4 is 27.3 Å². The topological polar surface area (TPSA) is 58.4 Å². The number of rotatable bonds is 5. The highest BCUT2D eigenvalue weighted by molar-refractivity contribution is 9.10. The molecule has 1 aliphatic carbocycles. The number of nitro benzene ring substituents is 1. The van der Waals surface area contributed by atoms with Crippen molar-refractivity contribution in [2.45, 2.75) is 37.8 Å². The summed E-state index contributed by atoms with van der Waals surface area (Å²) in [4.78, 5) is 12.9. The van der Waals surface area contributed by atoms with Gasteiger partial charge in [-0.2, -0.15) is 0 Å². The quantitative estimate of drug-likeness (QED) is 0.649. The molecule has 0 spiro atoms. The number of halogens is 2. The summed E-state index contributed by atoms with van der Waals surface area (Å²) in [5, 5.41) is 14.7. The van der Waals surface area contributed by atoms with E-state index < -0.39 is 10.7 Å². The summed E-state index contributed by atoms with van der Waals surface area (Å²) in [6.07, 6.45) is 4.22. The van der Waals surface area contributed by atoms with E-state index in [1.165, 1.54) is 12.1 Å². The van der Waals surface area contributed by atoms with Crippen LogP contribution in [0.1, 0.15) is 25.7 Å². The maximum atomic E-state index is 13.9. The zero-order valence-corrected chi connectivity index (χ0v) is 13.1. The minimum Gasteiger partial charge on any atom is -0.361 e. The first-order valence-corrected chi connectivity index (χ1v) is 7.99. The number of anilines is 1. The van der Waals surface area contributed by atoms with Crippen LogP contribution in [0, 0.1) is 15.9 Å². The van der Waals surface area contributed by atoms with E-state index in [1.54, 1.807) is 0 Å². The van der Waals surface area contributed by atoms with Gasteiger partial charge in [0.05, 0.1) is 9.40 Å². The Bertz CT molecular complexity index is 559. The van der Waals surface area contributed by atoms with E-state index in [4.69, 9.17) is 0 Å². The third-order valence-corrected chi connectivity index (χ3v) is 4.70. The predicted octanol–water partition coefficient (Wildman–Crippen LogP) is 3.22. The third kappa shape index (κ3) is 3.18. The van der Waals surface area contributed by atoms with Crippen LogP contribution in [-0.4, -0.2) is 30.1 Å². The average molecular weight is 358 g/mol. The largest absolute Gasteiger partial charge is 0.361 e. The van der Waals surface area contributed by atoms with Crippen LogP contribution in [0.3, 0.4) is 0 Å². The van der Waals surface area contributed by atoms with Crippen LogP contribution in [0.4, 0.5) is 15.8 Å². The fourth-order valence-electron chi connectivity index (χ4n) is 2.88. The fourth-order valence-corrected chi connectivity index (χ4v) is 3.21. The van der Waals surface area contributed by atoms with E-state index >= 15 is 0 Å². The molecule has 5 nitrogen and oxygen atoms in total. The Hall–Kier alpha value is -1.21. The average Bonchev–Trinajstić information content (AvgIpc) is 3.15. The summed E-state index contributed by atoms with van der Waals surface area (Å²) >= 11 is 3.03. The molecule has 2 aliphatic rings. The molecule has 3 rings (SSSR count). The maximum absolute atomic E-state index is 13.9. The minimum absolute atomic E-state index is 0.0341. The Morgan fingerprint density at radius 2 is 2.19 bits per heavy atom. The summed E-state index contributed by atoms with van der Waals surface area (Å²) < 4.78 is 14.0. The van der Waals surface area contributed by atoms with Crippen molar-refractivity contribution in [3.05, 3.63) is 32.5 Å². The van der Waals surface area contributed by atoms with Gasteiger partial charge in [-0.1, -0.05) is 0 Å². The first-order chi connectivity index (χ1) is 10.1. The van der Waals surface area contributed by atoms with Gasteiger partial charge in [-0.25, -0.2) is 4.39 Å². The van der Waals surface area contributed by atoms with Crippen LogP contribution in [0.2, 0.25) is 0 Å². The lowest BCUT2D eigenvalue weighted by Gasteiger charge is -2.27. The van der Waals surface area contributed by atoms with Gasteiger partial charge in [-0.15, -0.1) is 0 Å². The number of hydrogen-bond donors (Lipinski definition) is 1. The van der Waals surface area contributed by atoms with Crippen LogP contribution < -0.4 is 10.2 Å². The normalized spacial score (nSPS) is 21.5. The first kappa shape index (κ1) is 14.7. The van der Waals surface area contributed by atoms with Crippen molar-refractivity contribution in [2.75, 3.05) is 18.0 Å². The predicted molar refractivity (Wildman–Crippen MR) is 82.1 cm³/mol. The molecule has 0 radical (unpaired) electrons. The number of nitro groups is 1. The van der Waals surface area contributed by atoms with Crippen molar-refractivity contribution in [3.63, 3.8) is 0 Å². The van der Waals surface area contributed by atoms with Gasteiger partial charge in [0.15, 0.2) is 0 Å². The molecule has 0 aromatic heterocycles. The molecule has 0 amide bonds. The molecular weight excluding hydrogens is 341 g/mol. The molecule has 2 fully saturated rings. The number of benzene rings is 1. The maximum Gasteiger partial charge on any atom is 0.293 e. The van der Waals surface area contributed by atoms with Crippen LogP contribution >= 0.6 is 15.9 Å². The Balaban J connectivity index is 1.94.